The zero-order chi connectivity index (χ0) is 9.07. The van der Waals surface area contributed by atoms with Crippen LogP contribution in [0.15, 0.2) is 0 Å². The minimum atomic E-state index is -1.51. The lowest BCUT2D eigenvalue weighted by molar-refractivity contribution is -0.140. The van der Waals surface area contributed by atoms with E-state index in [1.54, 1.807) is 0 Å². The highest BCUT2D eigenvalue weighted by molar-refractivity contribution is 6.67. The molecule has 0 radical (unpaired) electrons. The fourth-order valence-electron chi connectivity index (χ4n) is 0.414. The number of methoxy groups -OCH3 is 1. The number of ether oxygens (including phenoxy) is 1. The Hall–Kier alpha value is 0.630. The van der Waals surface area contributed by atoms with E-state index in [1.807, 2.05) is 0 Å². The van der Waals surface area contributed by atoms with Crippen molar-refractivity contribution in [3.8, 4) is 0 Å². The summed E-state index contributed by atoms with van der Waals surface area (Å²) in [6.07, 6.45) is -0.0636. The van der Waals surface area contributed by atoms with Gasteiger partial charge in [-0.15, -0.1) is 11.6 Å². The van der Waals surface area contributed by atoms with Crippen LogP contribution in [0.1, 0.15) is 6.42 Å². The van der Waals surface area contributed by atoms with E-state index in [0.29, 0.717) is 0 Å². The van der Waals surface area contributed by atoms with Crippen molar-refractivity contribution in [1.29, 1.82) is 0 Å². The molecule has 0 saturated carbocycles. The number of alkyl halides is 4. The molecule has 0 aliphatic carbocycles. The second kappa shape index (κ2) is 4.61. The molecule has 0 aromatic rings. The first kappa shape index (κ1) is 11.6. The summed E-state index contributed by atoms with van der Waals surface area (Å²) in [5, 5.41) is -0.910. The van der Waals surface area contributed by atoms with Gasteiger partial charge in [0.05, 0.1) is 7.11 Å². The van der Waals surface area contributed by atoms with Gasteiger partial charge in [-0.3, -0.25) is 4.79 Å². The zero-order valence-electron chi connectivity index (χ0n) is 5.61. The molecule has 0 rings (SSSR count). The first-order chi connectivity index (χ1) is 4.87. The predicted molar refractivity (Wildman–Crippen MR) is 46.6 cm³/mol. The Morgan fingerprint density at radius 3 is 2.27 bits per heavy atom. The van der Waals surface area contributed by atoms with Gasteiger partial charge < -0.3 is 4.74 Å². The third-order valence-electron chi connectivity index (χ3n) is 0.868. The molecule has 1 atom stereocenters. The second-order valence-corrected chi connectivity index (χ2v) is 4.85. The van der Waals surface area contributed by atoms with Crippen LogP contribution >= 0.6 is 46.4 Å². The quantitative estimate of drug-likeness (QED) is 0.547. The van der Waals surface area contributed by atoms with E-state index in [-0.39, 0.29) is 6.42 Å². The molecule has 66 valence electrons. The van der Waals surface area contributed by atoms with E-state index < -0.39 is 15.1 Å². The highest BCUT2D eigenvalue weighted by Gasteiger charge is 2.28. The minimum Gasteiger partial charge on any atom is -0.468 e. The molecule has 0 aliphatic rings. The van der Waals surface area contributed by atoms with Crippen molar-refractivity contribution in [3.05, 3.63) is 0 Å². The average molecular weight is 240 g/mol. The molecule has 0 spiro atoms. The number of carbonyl (C=O) groups excluding carboxylic acids is 1. The maximum atomic E-state index is 10.7. The average Bonchev–Trinajstić information content (AvgIpc) is 1.82. The van der Waals surface area contributed by atoms with Gasteiger partial charge >= 0.3 is 5.97 Å². The molecule has 0 bridgehead atoms. The molecule has 0 aliphatic heterocycles. The third-order valence-corrected chi connectivity index (χ3v) is 1.66. The number of hydrogen-bond donors (Lipinski definition) is 0. The van der Waals surface area contributed by atoms with Crippen molar-refractivity contribution in [2.24, 2.45) is 0 Å². The van der Waals surface area contributed by atoms with Crippen molar-refractivity contribution < 1.29 is 9.53 Å². The van der Waals surface area contributed by atoms with E-state index in [0.717, 1.165) is 0 Å². The van der Waals surface area contributed by atoms with Gasteiger partial charge in [-0.2, -0.15) is 0 Å². The van der Waals surface area contributed by atoms with Crippen LogP contribution in [0.25, 0.3) is 0 Å². The van der Waals surface area contributed by atoms with Crippen LogP contribution in [-0.2, 0) is 9.53 Å². The molecule has 0 saturated heterocycles. The van der Waals surface area contributed by atoms with E-state index in [4.69, 9.17) is 46.4 Å². The third kappa shape index (κ3) is 5.85. The van der Waals surface area contributed by atoms with Crippen molar-refractivity contribution in [2.75, 3.05) is 7.11 Å². The fourth-order valence-corrected chi connectivity index (χ4v) is 1.43. The summed E-state index contributed by atoms with van der Waals surface area (Å²) in [5.74, 6) is -0.599. The first-order valence-corrected chi connectivity index (χ1v) is 4.22. The van der Waals surface area contributed by atoms with Gasteiger partial charge in [-0.25, -0.2) is 0 Å². The lowest BCUT2D eigenvalue weighted by Crippen LogP contribution is -2.21. The highest BCUT2D eigenvalue weighted by Crippen LogP contribution is 2.33. The van der Waals surface area contributed by atoms with Crippen LogP contribution in [-0.4, -0.2) is 22.2 Å². The summed E-state index contributed by atoms with van der Waals surface area (Å²) < 4.78 is 2.80. The molecule has 0 amide bonds. The van der Waals surface area contributed by atoms with Gasteiger partial charge in [0.1, 0.15) is 5.38 Å². The maximum Gasteiger partial charge on any atom is 0.323 e. The molecule has 0 fully saturated rings. The number of rotatable bonds is 2. The molecule has 0 heterocycles. The van der Waals surface area contributed by atoms with E-state index in [1.165, 1.54) is 7.11 Å². The second-order valence-electron chi connectivity index (χ2n) is 1.81. The van der Waals surface area contributed by atoms with Crippen LogP contribution in [0.4, 0.5) is 0 Å². The van der Waals surface area contributed by atoms with E-state index >= 15 is 0 Å². The summed E-state index contributed by atoms with van der Waals surface area (Å²) in [6, 6.07) is 0. The maximum absolute atomic E-state index is 10.7. The Morgan fingerprint density at radius 2 is 2.00 bits per heavy atom. The van der Waals surface area contributed by atoms with Gasteiger partial charge in [0, 0.05) is 6.42 Å². The molecule has 0 aromatic carbocycles. The van der Waals surface area contributed by atoms with Crippen LogP contribution in [0.5, 0.6) is 0 Å². The van der Waals surface area contributed by atoms with Crippen molar-refractivity contribution >= 4 is 52.4 Å². The summed E-state index contributed by atoms with van der Waals surface area (Å²) in [6.45, 7) is 0. The van der Waals surface area contributed by atoms with Crippen molar-refractivity contribution in [1.82, 2.24) is 0 Å². The van der Waals surface area contributed by atoms with Gasteiger partial charge in [0.25, 0.3) is 0 Å². The van der Waals surface area contributed by atoms with Crippen LogP contribution in [0.2, 0.25) is 0 Å². The summed E-state index contributed by atoms with van der Waals surface area (Å²) in [7, 11) is 1.22. The number of esters is 1. The van der Waals surface area contributed by atoms with Crippen LogP contribution in [0, 0.1) is 0 Å². The fraction of sp³-hybridized carbons (Fsp3) is 0.800. The Morgan fingerprint density at radius 1 is 1.55 bits per heavy atom. The van der Waals surface area contributed by atoms with Crippen molar-refractivity contribution in [2.45, 2.75) is 15.6 Å². The molecule has 6 heteroatoms. The van der Waals surface area contributed by atoms with Gasteiger partial charge in [0.15, 0.2) is 3.79 Å². The van der Waals surface area contributed by atoms with E-state index in [9.17, 15) is 4.79 Å². The van der Waals surface area contributed by atoms with Crippen molar-refractivity contribution in [3.63, 3.8) is 0 Å². The SMILES string of the molecule is COC(=O)[C@@H](Cl)CC(Cl)(Cl)Cl. The van der Waals surface area contributed by atoms with Gasteiger partial charge in [-0.1, -0.05) is 34.8 Å². The first-order valence-electron chi connectivity index (χ1n) is 2.65. The lowest BCUT2D eigenvalue weighted by atomic mass is 10.3. The molecular weight excluding hydrogens is 234 g/mol. The number of halogens is 4. The van der Waals surface area contributed by atoms with E-state index in [2.05, 4.69) is 4.74 Å². The number of carbonyl (C=O) groups is 1. The highest BCUT2D eigenvalue weighted by atomic mass is 35.6. The number of hydrogen-bond acceptors (Lipinski definition) is 2. The molecular formula is C5H6Cl4O2. The molecule has 11 heavy (non-hydrogen) atoms. The lowest BCUT2D eigenvalue weighted by Gasteiger charge is -2.13. The Bertz CT molecular complexity index is 142. The largest absolute Gasteiger partial charge is 0.468 e. The predicted octanol–water partition coefficient (Wildman–Crippen LogP) is 2.53. The minimum absolute atomic E-state index is 0.0636. The van der Waals surface area contributed by atoms with Crippen LogP contribution in [0.3, 0.4) is 0 Å². The monoisotopic (exact) mass is 238 g/mol. The normalized spacial score (nSPS) is 14.3. The summed E-state index contributed by atoms with van der Waals surface area (Å²) in [5.41, 5.74) is 0. The smallest absolute Gasteiger partial charge is 0.323 e. The zero-order valence-corrected chi connectivity index (χ0v) is 8.64. The Labute approximate surface area is 84.7 Å². The molecule has 0 unspecified atom stereocenters. The Kier molecular flexibility index (Phi) is 4.87. The molecule has 0 aromatic heterocycles. The van der Waals surface area contributed by atoms with Crippen LogP contribution < -0.4 is 0 Å². The standard InChI is InChI=1S/C5H6Cl4O2/c1-11-4(10)3(6)2-5(7,8)9/h3H,2H2,1H3/t3-/m0/s1. The topological polar surface area (TPSA) is 26.3 Å². The van der Waals surface area contributed by atoms with Gasteiger partial charge in [-0.05, 0) is 0 Å². The molecule has 0 N–H and O–H groups in total. The Balaban J connectivity index is 3.87. The van der Waals surface area contributed by atoms with Gasteiger partial charge in [0.2, 0.25) is 0 Å². The summed E-state index contributed by atoms with van der Waals surface area (Å²) >= 11 is 21.6. The molecule has 2 nitrogen and oxygen atoms in total. The summed E-state index contributed by atoms with van der Waals surface area (Å²) in [4.78, 5) is 10.7.